The van der Waals surface area contributed by atoms with E-state index in [0.29, 0.717) is 6.61 Å². The van der Waals surface area contributed by atoms with E-state index in [2.05, 4.69) is 22.4 Å². The van der Waals surface area contributed by atoms with Crippen LogP contribution >= 0.6 is 0 Å². The number of rotatable bonds is 3. The Labute approximate surface area is 112 Å². The van der Waals surface area contributed by atoms with Gasteiger partial charge in [-0.3, -0.25) is 0 Å². The number of hydrogen-bond acceptors (Lipinski definition) is 2. The standard InChI is InChI=1S/C16H16N2O/c1-12-13(2)18-10-6-7-14(16(18)17-12)11-19-15-8-4-3-5-9-15/h3-10H,11H2,1-2H3. The zero-order chi connectivity index (χ0) is 13.2. The van der Waals surface area contributed by atoms with Gasteiger partial charge >= 0.3 is 0 Å². The summed E-state index contributed by atoms with van der Waals surface area (Å²) in [7, 11) is 0. The van der Waals surface area contributed by atoms with Gasteiger partial charge in [0, 0.05) is 17.5 Å². The van der Waals surface area contributed by atoms with Gasteiger partial charge in [-0.25, -0.2) is 4.98 Å². The van der Waals surface area contributed by atoms with E-state index in [1.54, 1.807) is 0 Å². The lowest BCUT2D eigenvalue weighted by Crippen LogP contribution is -1.99. The van der Waals surface area contributed by atoms with Crippen molar-refractivity contribution in [3.63, 3.8) is 0 Å². The van der Waals surface area contributed by atoms with E-state index in [0.717, 1.165) is 22.7 Å². The summed E-state index contributed by atoms with van der Waals surface area (Å²) in [5, 5.41) is 0. The van der Waals surface area contributed by atoms with Crippen molar-refractivity contribution in [2.24, 2.45) is 0 Å². The summed E-state index contributed by atoms with van der Waals surface area (Å²) in [6.07, 6.45) is 2.04. The highest BCUT2D eigenvalue weighted by Gasteiger charge is 2.08. The molecule has 96 valence electrons. The number of hydrogen-bond donors (Lipinski definition) is 0. The molecular formula is C16H16N2O. The van der Waals surface area contributed by atoms with E-state index in [1.165, 1.54) is 5.69 Å². The molecular weight excluding hydrogens is 236 g/mol. The molecule has 0 amide bonds. The van der Waals surface area contributed by atoms with Crippen LogP contribution in [0.5, 0.6) is 5.75 Å². The van der Waals surface area contributed by atoms with Crippen LogP contribution in [0.3, 0.4) is 0 Å². The Bertz CT molecular complexity index is 701. The molecule has 3 rings (SSSR count). The van der Waals surface area contributed by atoms with Crippen molar-refractivity contribution in [2.45, 2.75) is 20.5 Å². The molecule has 0 aliphatic carbocycles. The van der Waals surface area contributed by atoms with Crippen LogP contribution < -0.4 is 4.74 Å². The molecule has 2 aromatic heterocycles. The molecule has 3 nitrogen and oxygen atoms in total. The van der Waals surface area contributed by atoms with Crippen molar-refractivity contribution in [3.8, 4) is 5.75 Å². The molecule has 0 saturated carbocycles. The third-order valence-corrected chi connectivity index (χ3v) is 3.34. The summed E-state index contributed by atoms with van der Waals surface area (Å²) in [6.45, 7) is 4.64. The Morgan fingerprint density at radius 3 is 2.63 bits per heavy atom. The minimum absolute atomic E-state index is 0.532. The van der Waals surface area contributed by atoms with E-state index in [-0.39, 0.29) is 0 Å². The maximum absolute atomic E-state index is 5.80. The molecule has 3 aromatic rings. The van der Waals surface area contributed by atoms with Crippen LogP contribution in [-0.4, -0.2) is 9.38 Å². The first kappa shape index (κ1) is 11.8. The predicted molar refractivity (Wildman–Crippen MR) is 75.4 cm³/mol. The highest BCUT2D eigenvalue weighted by molar-refractivity contribution is 5.50. The number of pyridine rings is 1. The third kappa shape index (κ3) is 2.19. The van der Waals surface area contributed by atoms with Gasteiger partial charge in [0.2, 0.25) is 0 Å². The van der Waals surface area contributed by atoms with Gasteiger partial charge < -0.3 is 9.14 Å². The fourth-order valence-corrected chi connectivity index (χ4v) is 2.15. The van der Waals surface area contributed by atoms with Crippen molar-refractivity contribution in [1.29, 1.82) is 0 Å². The minimum Gasteiger partial charge on any atom is -0.489 e. The lowest BCUT2D eigenvalue weighted by molar-refractivity contribution is 0.307. The molecule has 19 heavy (non-hydrogen) atoms. The van der Waals surface area contributed by atoms with Gasteiger partial charge in [0.15, 0.2) is 0 Å². The average Bonchev–Trinajstić information content (AvgIpc) is 2.74. The number of aromatic nitrogens is 2. The van der Waals surface area contributed by atoms with Gasteiger partial charge in [0.05, 0.1) is 5.69 Å². The van der Waals surface area contributed by atoms with Crippen LogP contribution in [0.25, 0.3) is 5.65 Å². The quantitative estimate of drug-likeness (QED) is 0.713. The molecule has 0 bridgehead atoms. The highest BCUT2D eigenvalue weighted by Crippen LogP contribution is 2.17. The molecule has 0 spiro atoms. The Balaban J connectivity index is 1.91. The maximum Gasteiger partial charge on any atom is 0.143 e. The van der Waals surface area contributed by atoms with Crippen molar-refractivity contribution in [3.05, 3.63) is 65.6 Å². The van der Waals surface area contributed by atoms with Crippen LogP contribution in [0.2, 0.25) is 0 Å². The number of fused-ring (bicyclic) bond motifs is 1. The lowest BCUT2D eigenvalue weighted by atomic mass is 10.3. The third-order valence-electron chi connectivity index (χ3n) is 3.34. The van der Waals surface area contributed by atoms with Crippen LogP contribution in [0.4, 0.5) is 0 Å². The summed E-state index contributed by atoms with van der Waals surface area (Å²) in [6, 6.07) is 13.9. The molecule has 0 unspecified atom stereocenters. The zero-order valence-corrected chi connectivity index (χ0v) is 11.1. The van der Waals surface area contributed by atoms with Crippen LogP contribution in [-0.2, 0) is 6.61 Å². The monoisotopic (exact) mass is 252 g/mol. The summed E-state index contributed by atoms with van der Waals surface area (Å²) in [4.78, 5) is 4.61. The SMILES string of the molecule is Cc1nc2c(COc3ccccc3)cccn2c1C. The van der Waals surface area contributed by atoms with Crippen LogP contribution in [0.15, 0.2) is 48.7 Å². The lowest BCUT2D eigenvalue weighted by Gasteiger charge is -2.07. The van der Waals surface area contributed by atoms with E-state index >= 15 is 0 Å². The number of aryl methyl sites for hydroxylation is 2. The highest BCUT2D eigenvalue weighted by atomic mass is 16.5. The molecule has 1 aromatic carbocycles. The fraction of sp³-hybridized carbons (Fsp3) is 0.188. The first-order chi connectivity index (χ1) is 9.25. The minimum atomic E-state index is 0.532. The van der Waals surface area contributed by atoms with E-state index in [1.807, 2.05) is 49.5 Å². The Kier molecular flexibility index (Phi) is 2.95. The second-order valence-electron chi connectivity index (χ2n) is 4.61. The maximum atomic E-state index is 5.80. The second kappa shape index (κ2) is 4.76. The van der Waals surface area contributed by atoms with Gasteiger partial charge in [0.1, 0.15) is 18.0 Å². The molecule has 0 aliphatic rings. The average molecular weight is 252 g/mol. The number of nitrogens with zero attached hydrogens (tertiary/aromatic N) is 2. The zero-order valence-electron chi connectivity index (χ0n) is 11.1. The van der Waals surface area contributed by atoms with Crippen molar-refractivity contribution in [2.75, 3.05) is 0 Å². The first-order valence-corrected chi connectivity index (χ1v) is 6.37. The molecule has 0 fully saturated rings. The van der Waals surface area contributed by atoms with Crippen LogP contribution in [0, 0.1) is 13.8 Å². The van der Waals surface area contributed by atoms with Gasteiger partial charge in [-0.05, 0) is 32.0 Å². The van der Waals surface area contributed by atoms with E-state index in [4.69, 9.17) is 4.74 Å². The molecule has 0 saturated heterocycles. The first-order valence-electron chi connectivity index (χ1n) is 6.37. The summed E-state index contributed by atoms with van der Waals surface area (Å²) < 4.78 is 7.91. The number of ether oxygens (including phenoxy) is 1. The van der Waals surface area contributed by atoms with Crippen LogP contribution in [0.1, 0.15) is 17.0 Å². The summed E-state index contributed by atoms with van der Waals surface area (Å²) in [5.74, 6) is 0.879. The Hall–Kier alpha value is -2.29. The Morgan fingerprint density at radius 1 is 1.05 bits per heavy atom. The normalized spacial score (nSPS) is 10.8. The fourth-order valence-electron chi connectivity index (χ4n) is 2.15. The van der Waals surface area contributed by atoms with E-state index in [9.17, 15) is 0 Å². The Morgan fingerprint density at radius 2 is 1.84 bits per heavy atom. The number of para-hydroxylation sites is 1. The van der Waals surface area contributed by atoms with Crippen molar-refractivity contribution in [1.82, 2.24) is 9.38 Å². The molecule has 0 atom stereocenters. The topological polar surface area (TPSA) is 26.5 Å². The largest absolute Gasteiger partial charge is 0.489 e. The molecule has 0 N–H and O–H groups in total. The molecule has 2 heterocycles. The van der Waals surface area contributed by atoms with Crippen molar-refractivity contribution >= 4 is 5.65 Å². The van der Waals surface area contributed by atoms with Gasteiger partial charge in [-0.1, -0.05) is 24.3 Å². The second-order valence-corrected chi connectivity index (χ2v) is 4.61. The van der Waals surface area contributed by atoms with Gasteiger partial charge in [-0.2, -0.15) is 0 Å². The molecule has 0 aliphatic heterocycles. The predicted octanol–water partition coefficient (Wildman–Crippen LogP) is 3.53. The molecule has 3 heteroatoms. The summed E-state index contributed by atoms with van der Waals surface area (Å²) in [5.41, 5.74) is 4.32. The molecule has 0 radical (unpaired) electrons. The number of benzene rings is 1. The smallest absolute Gasteiger partial charge is 0.143 e. The van der Waals surface area contributed by atoms with Gasteiger partial charge in [0.25, 0.3) is 0 Å². The summed E-state index contributed by atoms with van der Waals surface area (Å²) >= 11 is 0. The van der Waals surface area contributed by atoms with E-state index < -0.39 is 0 Å². The van der Waals surface area contributed by atoms with Gasteiger partial charge in [-0.15, -0.1) is 0 Å². The van der Waals surface area contributed by atoms with Crippen molar-refractivity contribution < 1.29 is 4.74 Å². The number of imidazole rings is 1.